The number of rotatable bonds is 10. The molecule has 2 aromatic carbocycles. The van der Waals surface area contributed by atoms with Crippen molar-refractivity contribution in [1.82, 2.24) is 25.1 Å². The Morgan fingerprint density at radius 1 is 1.07 bits per heavy atom. The van der Waals surface area contributed by atoms with E-state index in [2.05, 4.69) is 39.8 Å². The maximum Gasteiger partial charge on any atom is 0.253 e. The van der Waals surface area contributed by atoms with Gasteiger partial charge in [-0.15, -0.1) is 21.5 Å². The minimum Gasteiger partial charge on any atom is -0.497 e. The van der Waals surface area contributed by atoms with Crippen molar-refractivity contribution in [1.29, 1.82) is 0 Å². The van der Waals surface area contributed by atoms with Gasteiger partial charge in [-0.05, 0) is 36.1 Å². The molecular formula is C29H30N6O4S2. The maximum atomic E-state index is 13.4. The molecule has 0 saturated carbocycles. The Morgan fingerprint density at radius 3 is 2.46 bits per heavy atom. The summed E-state index contributed by atoms with van der Waals surface area (Å²) in [5.41, 5.74) is 3.53. The van der Waals surface area contributed by atoms with Crippen LogP contribution in [0.5, 0.6) is 11.5 Å². The van der Waals surface area contributed by atoms with Crippen molar-refractivity contribution < 1.29 is 19.1 Å². The Hall–Kier alpha value is -4.16. The zero-order valence-corrected chi connectivity index (χ0v) is 24.8. The van der Waals surface area contributed by atoms with Crippen LogP contribution in [0.1, 0.15) is 44.6 Å². The van der Waals surface area contributed by atoms with Gasteiger partial charge in [0.2, 0.25) is 0 Å². The topological polar surface area (TPSA) is 111 Å². The van der Waals surface area contributed by atoms with E-state index < -0.39 is 0 Å². The highest BCUT2D eigenvalue weighted by Gasteiger charge is 2.33. The molecule has 0 aliphatic carbocycles. The summed E-state index contributed by atoms with van der Waals surface area (Å²) in [6, 6.07) is 17.1. The van der Waals surface area contributed by atoms with Crippen molar-refractivity contribution in [2.24, 2.45) is 12.1 Å². The molecule has 0 spiro atoms. The molecule has 10 nitrogen and oxygen atoms in total. The predicted molar refractivity (Wildman–Crippen MR) is 159 cm³/mol. The number of hydrogen-bond acceptors (Lipinski definition) is 9. The SMILES string of the molecule is COc1cc(OC)cc(C(=O)NCc2nnc(SCC(=O)N3N=C(c4cccs4)CC3c3ccc(C)cc3)n2C)c1. The van der Waals surface area contributed by atoms with Gasteiger partial charge in [0.1, 0.15) is 11.5 Å². The number of hydrogen-bond donors (Lipinski definition) is 1. The summed E-state index contributed by atoms with van der Waals surface area (Å²) in [4.78, 5) is 27.3. The smallest absolute Gasteiger partial charge is 0.253 e. The largest absolute Gasteiger partial charge is 0.497 e. The normalized spacial score (nSPS) is 14.6. The van der Waals surface area contributed by atoms with Crippen LogP contribution in [0.2, 0.25) is 0 Å². The molecule has 3 heterocycles. The number of aromatic nitrogens is 3. The first kappa shape index (κ1) is 28.4. The number of benzene rings is 2. The van der Waals surface area contributed by atoms with Crippen LogP contribution in [0.25, 0.3) is 0 Å². The Labute approximate surface area is 246 Å². The standard InChI is InChI=1S/C29H30N6O4S2/c1-18-7-9-19(10-8-18)24-15-23(25-6-5-11-40-25)33-35(24)27(36)17-41-29-32-31-26(34(29)2)16-30-28(37)20-12-21(38-3)14-22(13-20)39-4/h5-14,24H,15-17H2,1-4H3,(H,30,37). The van der Waals surface area contributed by atoms with Gasteiger partial charge < -0.3 is 19.4 Å². The van der Waals surface area contributed by atoms with Crippen LogP contribution >= 0.6 is 23.1 Å². The third kappa shape index (κ3) is 6.44. The van der Waals surface area contributed by atoms with Crippen LogP contribution in [-0.4, -0.2) is 57.3 Å². The molecule has 0 fully saturated rings. The van der Waals surface area contributed by atoms with Gasteiger partial charge in [-0.25, -0.2) is 5.01 Å². The highest BCUT2D eigenvalue weighted by atomic mass is 32.2. The Morgan fingerprint density at radius 2 is 1.80 bits per heavy atom. The molecule has 0 saturated heterocycles. The quantitative estimate of drug-likeness (QED) is 0.269. The number of nitrogens with zero attached hydrogens (tertiary/aromatic N) is 5. The van der Waals surface area contributed by atoms with E-state index in [1.807, 2.05) is 24.4 Å². The number of nitrogens with one attached hydrogen (secondary N) is 1. The number of carbonyl (C=O) groups is 2. The summed E-state index contributed by atoms with van der Waals surface area (Å²) in [6.07, 6.45) is 0.660. The molecule has 12 heteroatoms. The minimum absolute atomic E-state index is 0.114. The van der Waals surface area contributed by atoms with E-state index in [1.165, 1.54) is 26.0 Å². The highest BCUT2D eigenvalue weighted by Crippen LogP contribution is 2.34. The zero-order chi connectivity index (χ0) is 28.9. The first-order valence-corrected chi connectivity index (χ1v) is 14.7. The van der Waals surface area contributed by atoms with Crippen molar-refractivity contribution in [2.45, 2.75) is 31.1 Å². The van der Waals surface area contributed by atoms with Crippen molar-refractivity contribution in [3.05, 3.63) is 87.4 Å². The number of hydrazone groups is 1. The lowest BCUT2D eigenvalue weighted by atomic mass is 10.00. The van der Waals surface area contributed by atoms with Crippen molar-refractivity contribution in [3.8, 4) is 11.5 Å². The summed E-state index contributed by atoms with van der Waals surface area (Å²) >= 11 is 2.91. The molecule has 1 unspecified atom stereocenters. The van der Waals surface area contributed by atoms with Gasteiger partial charge in [0.25, 0.3) is 11.8 Å². The molecule has 2 amide bonds. The Kier molecular flexibility index (Phi) is 8.70. The monoisotopic (exact) mass is 590 g/mol. The molecule has 41 heavy (non-hydrogen) atoms. The van der Waals surface area contributed by atoms with Crippen LogP contribution in [0.4, 0.5) is 0 Å². The molecule has 1 aliphatic rings. The Bertz CT molecular complexity index is 1540. The first-order valence-electron chi connectivity index (χ1n) is 12.9. The molecule has 5 rings (SSSR count). The third-order valence-electron chi connectivity index (χ3n) is 6.70. The molecule has 1 atom stereocenters. The first-order chi connectivity index (χ1) is 19.9. The molecule has 0 radical (unpaired) electrons. The van der Waals surface area contributed by atoms with Crippen molar-refractivity contribution >= 4 is 40.6 Å². The lowest BCUT2D eigenvalue weighted by molar-refractivity contribution is -0.130. The lowest BCUT2D eigenvalue weighted by Crippen LogP contribution is -2.28. The summed E-state index contributed by atoms with van der Waals surface area (Å²) in [5, 5.41) is 20.2. The number of thioether (sulfide) groups is 1. The fraction of sp³-hybridized carbons (Fsp3) is 0.276. The minimum atomic E-state index is -0.301. The second-order valence-corrected chi connectivity index (χ2v) is 11.3. The number of carbonyl (C=O) groups excluding carboxylic acids is 2. The number of amides is 2. The molecule has 0 bridgehead atoms. The summed E-state index contributed by atoms with van der Waals surface area (Å²) in [7, 11) is 4.86. The van der Waals surface area contributed by atoms with Gasteiger partial charge in [0.05, 0.1) is 43.1 Å². The van der Waals surface area contributed by atoms with Gasteiger partial charge in [-0.3, -0.25) is 9.59 Å². The number of aryl methyl sites for hydroxylation is 1. The van der Waals surface area contributed by atoms with E-state index >= 15 is 0 Å². The van der Waals surface area contributed by atoms with Gasteiger partial charge in [-0.1, -0.05) is 47.7 Å². The van der Waals surface area contributed by atoms with Gasteiger partial charge in [0, 0.05) is 25.1 Å². The van der Waals surface area contributed by atoms with E-state index in [0.717, 1.165) is 21.7 Å². The second kappa shape index (κ2) is 12.6. The third-order valence-corrected chi connectivity index (χ3v) is 8.63. The van der Waals surface area contributed by atoms with Crippen LogP contribution in [0.15, 0.2) is 70.2 Å². The van der Waals surface area contributed by atoms with Crippen molar-refractivity contribution in [2.75, 3.05) is 20.0 Å². The molecule has 1 N–H and O–H groups in total. The lowest BCUT2D eigenvalue weighted by Gasteiger charge is -2.22. The van der Waals surface area contributed by atoms with E-state index in [9.17, 15) is 9.59 Å². The van der Waals surface area contributed by atoms with E-state index in [1.54, 1.807) is 46.2 Å². The molecule has 2 aromatic heterocycles. The highest BCUT2D eigenvalue weighted by molar-refractivity contribution is 7.99. The predicted octanol–water partition coefficient (Wildman–Crippen LogP) is 4.60. The maximum absolute atomic E-state index is 13.4. The summed E-state index contributed by atoms with van der Waals surface area (Å²) in [5.74, 6) is 1.32. The van der Waals surface area contributed by atoms with Gasteiger partial charge >= 0.3 is 0 Å². The van der Waals surface area contributed by atoms with E-state index in [0.29, 0.717) is 34.5 Å². The second-order valence-electron chi connectivity index (χ2n) is 9.42. The van der Waals surface area contributed by atoms with Crippen LogP contribution in [0.3, 0.4) is 0 Å². The van der Waals surface area contributed by atoms with Crippen LogP contribution in [-0.2, 0) is 18.4 Å². The zero-order valence-electron chi connectivity index (χ0n) is 23.2. The molecule has 1 aliphatic heterocycles. The average Bonchev–Trinajstić information content (AvgIpc) is 3.75. The number of thiophene rings is 1. The fourth-order valence-corrected chi connectivity index (χ4v) is 5.90. The summed E-state index contributed by atoms with van der Waals surface area (Å²) < 4.78 is 12.3. The number of methoxy groups -OCH3 is 2. The van der Waals surface area contributed by atoms with E-state index in [4.69, 9.17) is 14.6 Å². The number of ether oxygens (including phenoxy) is 2. The Balaban J connectivity index is 1.24. The van der Waals surface area contributed by atoms with Crippen LogP contribution in [0, 0.1) is 6.92 Å². The molecular weight excluding hydrogens is 560 g/mol. The molecule has 4 aromatic rings. The molecule has 212 valence electrons. The average molecular weight is 591 g/mol. The van der Waals surface area contributed by atoms with Gasteiger partial charge in [0.15, 0.2) is 11.0 Å². The fourth-order valence-electron chi connectivity index (χ4n) is 4.40. The van der Waals surface area contributed by atoms with Gasteiger partial charge in [-0.2, -0.15) is 5.10 Å². The van der Waals surface area contributed by atoms with E-state index in [-0.39, 0.29) is 30.2 Å². The van der Waals surface area contributed by atoms with Crippen LogP contribution < -0.4 is 14.8 Å². The summed E-state index contributed by atoms with van der Waals surface area (Å²) in [6.45, 7) is 2.20. The van der Waals surface area contributed by atoms with Crippen molar-refractivity contribution in [3.63, 3.8) is 0 Å².